The van der Waals surface area contributed by atoms with Gasteiger partial charge in [-0.1, -0.05) is 12.1 Å². The second kappa shape index (κ2) is 7.53. The van der Waals surface area contributed by atoms with E-state index >= 15 is 0 Å². The van der Waals surface area contributed by atoms with Crippen molar-refractivity contribution >= 4 is 21.9 Å². The van der Waals surface area contributed by atoms with E-state index in [4.69, 9.17) is 4.74 Å². The van der Waals surface area contributed by atoms with Crippen molar-refractivity contribution in [2.45, 2.75) is 57.6 Å². The van der Waals surface area contributed by atoms with Crippen LogP contribution in [0.1, 0.15) is 51.9 Å². The van der Waals surface area contributed by atoms with Gasteiger partial charge in [-0.15, -0.1) is 0 Å². The molecule has 25 heavy (non-hydrogen) atoms. The zero-order valence-electron chi connectivity index (χ0n) is 15.5. The van der Waals surface area contributed by atoms with Crippen LogP contribution in [0.25, 0.3) is 0 Å². The second-order valence-corrected chi connectivity index (χ2v) is 9.19. The second-order valence-electron chi connectivity index (χ2n) is 7.42. The third kappa shape index (κ3) is 7.23. The Morgan fingerprint density at radius 1 is 1.12 bits per heavy atom. The number of ether oxygens (including phenoxy) is 1. The summed E-state index contributed by atoms with van der Waals surface area (Å²) in [4.78, 5) is 23.2. The molecule has 0 spiro atoms. The van der Waals surface area contributed by atoms with E-state index < -0.39 is 27.3 Å². The molecule has 1 rings (SSSR count). The van der Waals surface area contributed by atoms with E-state index in [-0.39, 0.29) is 17.2 Å². The summed E-state index contributed by atoms with van der Waals surface area (Å²) in [5.41, 5.74) is -1.20. The van der Waals surface area contributed by atoms with Gasteiger partial charge in [0, 0.05) is 12.1 Å². The molecule has 0 aliphatic carbocycles. The molecule has 0 fully saturated rings. The van der Waals surface area contributed by atoms with Crippen molar-refractivity contribution in [3.63, 3.8) is 0 Å². The highest BCUT2D eigenvalue weighted by Crippen LogP contribution is 2.14. The number of benzene rings is 1. The van der Waals surface area contributed by atoms with Crippen LogP contribution in [0.4, 0.5) is 4.79 Å². The van der Waals surface area contributed by atoms with Crippen LogP contribution < -0.4 is 10.0 Å². The smallest absolute Gasteiger partial charge is 0.408 e. The molecule has 7 nitrogen and oxygen atoms in total. The first-order valence-corrected chi connectivity index (χ1v) is 9.32. The molecule has 1 aromatic rings. The van der Waals surface area contributed by atoms with Gasteiger partial charge >= 0.3 is 6.09 Å². The largest absolute Gasteiger partial charge is 0.444 e. The lowest BCUT2D eigenvalue weighted by molar-refractivity contribution is 0.0474. The molecule has 0 heterocycles. The Kier molecular flexibility index (Phi) is 6.36. The molecule has 0 bridgehead atoms. The average Bonchev–Trinajstić information content (AvgIpc) is 2.43. The van der Waals surface area contributed by atoms with Crippen molar-refractivity contribution in [3.8, 4) is 0 Å². The normalized spacial score (nSPS) is 12.6. The van der Waals surface area contributed by atoms with Gasteiger partial charge in [0.1, 0.15) is 5.60 Å². The number of ketones is 1. The molecule has 1 aromatic carbocycles. The van der Waals surface area contributed by atoms with E-state index in [1.165, 1.54) is 25.1 Å². The first kappa shape index (κ1) is 21.1. The zero-order valence-corrected chi connectivity index (χ0v) is 16.3. The van der Waals surface area contributed by atoms with Crippen LogP contribution >= 0.6 is 0 Å². The van der Waals surface area contributed by atoms with Crippen molar-refractivity contribution in [2.75, 3.05) is 6.54 Å². The van der Waals surface area contributed by atoms with Gasteiger partial charge in [0.15, 0.2) is 5.78 Å². The fourth-order valence-electron chi connectivity index (χ4n) is 1.87. The number of hydrogen-bond acceptors (Lipinski definition) is 5. The Bertz CT molecular complexity index is 749. The molecule has 0 saturated heterocycles. The van der Waals surface area contributed by atoms with Crippen LogP contribution in [0.15, 0.2) is 29.2 Å². The van der Waals surface area contributed by atoms with Crippen LogP contribution in [0, 0.1) is 0 Å². The summed E-state index contributed by atoms with van der Waals surface area (Å²) in [6.45, 7) is 9.89. The van der Waals surface area contributed by atoms with E-state index in [1.807, 2.05) is 0 Å². The maximum Gasteiger partial charge on any atom is 0.408 e. The minimum absolute atomic E-state index is 0.00623. The molecule has 0 aliphatic heterocycles. The Morgan fingerprint density at radius 2 is 1.72 bits per heavy atom. The van der Waals surface area contributed by atoms with Gasteiger partial charge in [0.25, 0.3) is 0 Å². The van der Waals surface area contributed by atoms with E-state index in [0.29, 0.717) is 5.56 Å². The molecule has 0 aliphatic rings. The fraction of sp³-hybridized carbons (Fsp3) is 0.529. The summed E-state index contributed by atoms with van der Waals surface area (Å²) < 4.78 is 32.4. The van der Waals surface area contributed by atoms with Crippen LogP contribution in [-0.2, 0) is 14.8 Å². The Balaban J connectivity index is 2.79. The first-order chi connectivity index (χ1) is 11.2. The van der Waals surface area contributed by atoms with E-state index in [9.17, 15) is 18.0 Å². The van der Waals surface area contributed by atoms with Gasteiger partial charge in [-0.05, 0) is 53.7 Å². The predicted molar refractivity (Wildman–Crippen MR) is 95.1 cm³/mol. The van der Waals surface area contributed by atoms with E-state index in [0.717, 1.165) is 0 Å². The molecule has 0 radical (unpaired) electrons. The Hall–Kier alpha value is -1.93. The van der Waals surface area contributed by atoms with Crippen LogP contribution in [0.3, 0.4) is 0 Å². The van der Waals surface area contributed by atoms with Crippen LogP contribution in [-0.4, -0.2) is 38.0 Å². The quantitative estimate of drug-likeness (QED) is 0.749. The molecule has 1 amide bonds. The number of alkyl carbamates (subject to hydrolysis) is 1. The molecule has 0 unspecified atom stereocenters. The van der Waals surface area contributed by atoms with Crippen LogP contribution in [0.5, 0.6) is 0 Å². The SMILES string of the molecule is CC(=O)c1cccc(S(=O)(=O)NCC(C)(C)NC(=O)OC(C)(C)C)c1. The van der Waals surface area contributed by atoms with E-state index in [2.05, 4.69) is 10.0 Å². The minimum atomic E-state index is -3.81. The van der Waals surface area contributed by atoms with Crippen LogP contribution in [0.2, 0.25) is 0 Å². The molecule has 0 aromatic heterocycles. The predicted octanol–water partition coefficient (Wildman–Crippen LogP) is 2.47. The highest BCUT2D eigenvalue weighted by molar-refractivity contribution is 7.89. The number of hydrogen-bond donors (Lipinski definition) is 2. The highest BCUT2D eigenvalue weighted by Gasteiger charge is 2.27. The Labute approximate surface area is 149 Å². The number of sulfonamides is 1. The summed E-state index contributed by atoms with van der Waals surface area (Å²) in [5, 5.41) is 2.62. The van der Waals surface area contributed by atoms with E-state index in [1.54, 1.807) is 40.7 Å². The van der Waals surface area contributed by atoms with Crippen molar-refractivity contribution in [1.82, 2.24) is 10.0 Å². The molecular weight excluding hydrogens is 344 g/mol. The number of amides is 1. The number of Topliss-reactive ketones (excluding diaryl/α,β-unsaturated/α-hetero) is 1. The van der Waals surface area contributed by atoms with Gasteiger partial charge in [-0.3, -0.25) is 4.79 Å². The lowest BCUT2D eigenvalue weighted by Gasteiger charge is -2.28. The topological polar surface area (TPSA) is 102 Å². The minimum Gasteiger partial charge on any atom is -0.444 e. The number of carbonyl (C=O) groups is 2. The van der Waals surface area contributed by atoms with Gasteiger partial charge in [-0.2, -0.15) is 0 Å². The van der Waals surface area contributed by atoms with Crippen molar-refractivity contribution < 1.29 is 22.7 Å². The van der Waals surface area contributed by atoms with Gasteiger partial charge < -0.3 is 10.1 Å². The molecule has 2 N–H and O–H groups in total. The number of rotatable bonds is 6. The zero-order chi connectivity index (χ0) is 19.5. The van der Waals surface area contributed by atoms with Crippen molar-refractivity contribution in [1.29, 1.82) is 0 Å². The van der Waals surface area contributed by atoms with Crippen molar-refractivity contribution in [2.24, 2.45) is 0 Å². The maximum absolute atomic E-state index is 12.4. The summed E-state index contributed by atoms with van der Waals surface area (Å²) >= 11 is 0. The van der Waals surface area contributed by atoms with Crippen molar-refractivity contribution in [3.05, 3.63) is 29.8 Å². The number of carbonyl (C=O) groups excluding carboxylic acids is 2. The Morgan fingerprint density at radius 3 is 2.24 bits per heavy atom. The monoisotopic (exact) mass is 370 g/mol. The highest BCUT2D eigenvalue weighted by atomic mass is 32.2. The molecule has 0 atom stereocenters. The summed E-state index contributed by atoms with van der Waals surface area (Å²) in [7, 11) is -3.81. The molecule has 140 valence electrons. The third-order valence-electron chi connectivity index (χ3n) is 3.09. The summed E-state index contributed by atoms with van der Waals surface area (Å²) in [5.74, 6) is -0.219. The molecule has 0 saturated carbocycles. The third-order valence-corrected chi connectivity index (χ3v) is 4.49. The standard InChI is InChI=1S/C17H26N2O5S/c1-12(20)13-8-7-9-14(10-13)25(22,23)18-11-17(5,6)19-15(21)24-16(2,3)4/h7-10,18H,11H2,1-6H3,(H,19,21). The number of nitrogens with one attached hydrogen (secondary N) is 2. The lowest BCUT2D eigenvalue weighted by atomic mass is 10.1. The lowest BCUT2D eigenvalue weighted by Crippen LogP contribution is -2.52. The summed E-state index contributed by atoms with van der Waals surface area (Å²) in [6.07, 6.45) is -0.629. The first-order valence-electron chi connectivity index (χ1n) is 7.84. The van der Waals surface area contributed by atoms with Gasteiger partial charge in [0.2, 0.25) is 10.0 Å². The summed E-state index contributed by atoms with van der Waals surface area (Å²) in [6, 6.07) is 5.78. The average molecular weight is 370 g/mol. The molecular formula is C17H26N2O5S. The van der Waals surface area contributed by atoms with Gasteiger partial charge in [0.05, 0.1) is 10.4 Å². The van der Waals surface area contributed by atoms with Gasteiger partial charge in [-0.25, -0.2) is 17.9 Å². The fourth-order valence-corrected chi connectivity index (χ4v) is 3.12. The maximum atomic E-state index is 12.4. The molecule has 8 heteroatoms.